The topological polar surface area (TPSA) is 63.5 Å². The van der Waals surface area contributed by atoms with E-state index in [2.05, 4.69) is 25.7 Å². The number of nitro benzene ring substituents is 1. The third-order valence-corrected chi connectivity index (χ3v) is 3.74. The summed E-state index contributed by atoms with van der Waals surface area (Å²) in [5.41, 5.74) is 0.374. The molecule has 0 saturated carbocycles. The maximum absolute atomic E-state index is 12.3. The monoisotopic (exact) mass is 292 g/mol. The fourth-order valence-corrected chi connectivity index (χ4v) is 2.14. The lowest BCUT2D eigenvalue weighted by Gasteiger charge is -2.27. The Morgan fingerprint density at radius 1 is 1.38 bits per heavy atom. The molecule has 0 bridgehead atoms. The molecular weight excluding hydrogens is 268 g/mol. The highest BCUT2D eigenvalue weighted by atomic mass is 16.6. The molecule has 0 amide bonds. The Morgan fingerprint density at radius 3 is 2.67 bits per heavy atom. The van der Waals surface area contributed by atoms with Crippen LogP contribution in [-0.4, -0.2) is 34.7 Å². The van der Waals surface area contributed by atoms with Gasteiger partial charge in [0.2, 0.25) is 0 Å². The van der Waals surface area contributed by atoms with E-state index in [1.807, 2.05) is 0 Å². The Balaban J connectivity index is 2.81. The molecule has 0 saturated heterocycles. The van der Waals surface area contributed by atoms with Crippen LogP contribution >= 0.6 is 0 Å². The second kappa shape index (κ2) is 8.52. The highest BCUT2D eigenvalue weighted by Crippen LogP contribution is 2.15. The summed E-state index contributed by atoms with van der Waals surface area (Å²) in [5, 5.41) is 10.8. The lowest BCUT2D eigenvalue weighted by Crippen LogP contribution is -2.37. The van der Waals surface area contributed by atoms with Crippen molar-refractivity contribution in [2.24, 2.45) is 0 Å². The fraction of sp³-hybridized carbons (Fsp3) is 0.562. The molecule has 1 unspecified atom stereocenters. The Bertz CT molecular complexity index is 488. The first-order valence-electron chi connectivity index (χ1n) is 7.51. The van der Waals surface area contributed by atoms with Gasteiger partial charge < -0.3 is 0 Å². The van der Waals surface area contributed by atoms with E-state index in [0.717, 1.165) is 25.8 Å². The molecule has 5 nitrogen and oxygen atoms in total. The minimum atomic E-state index is -0.472. The summed E-state index contributed by atoms with van der Waals surface area (Å²) in [6, 6.07) is 6.30. The van der Waals surface area contributed by atoms with Gasteiger partial charge in [0.05, 0.1) is 11.5 Å². The van der Waals surface area contributed by atoms with Crippen molar-refractivity contribution in [3.8, 4) is 0 Å². The number of nitrogens with zero attached hydrogens (tertiary/aromatic N) is 2. The molecule has 1 aromatic rings. The van der Waals surface area contributed by atoms with E-state index >= 15 is 0 Å². The summed E-state index contributed by atoms with van der Waals surface area (Å²) >= 11 is 0. The molecule has 0 spiro atoms. The summed E-state index contributed by atoms with van der Waals surface area (Å²) in [4.78, 5) is 24.8. The number of rotatable bonds is 9. The second-order valence-electron chi connectivity index (χ2n) is 5.31. The van der Waals surface area contributed by atoms with Crippen molar-refractivity contribution < 1.29 is 9.72 Å². The minimum absolute atomic E-state index is 0.0375. The molecular formula is C16H24N2O3. The highest BCUT2D eigenvalue weighted by Gasteiger charge is 2.18. The molecule has 0 N–H and O–H groups in total. The van der Waals surface area contributed by atoms with Crippen LogP contribution in [0.2, 0.25) is 0 Å². The van der Waals surface area contributed by atoms with Gasteiger partial charge in [-0.05, 0) is 26.3 Å². The summed E-state index contributed by atoms with van der Waals surface area (Å²) in [6.45, 7) is 7.53. The van der Waals surface area contributed by atoms with Crippen molar-refractivity contribution in [3.05, 3.63) is 39.9 Å². The van der Waals surface area contributed by atoms with E-state index in [9.17, 15) is 14.9 Å². The largest absolute Gasteiger partial charge is 0.293 e. The highest BCUT2D eigenvalue weighted by molar-refractivity contribution is 5.98. The Kier molecular flexibility index (Phi) is 7.02. The minimum Gasteiger partial charge on any atom is -0.293 e. The van der Waals surface area contributed by atoms with Crippen LogP contribution in [0.1, 0.15) is 50.4 Å². The third-order valence-electron chi connectivity index (χ3n) is 3.74. The molecule has 0 heterocycles. The van der Waals surface area contributed by atoms with Crippen molar-refractivity contribution in [2.45, 2.75) is 46.1 Å². The van der Waals surface area contributed by atoms with Crippen LogP contribution in [0.25, 0.3) is 0 Å². The van der Waals surface area contributed by atoms with Gasteiger partial charge in [-0.3, -0.25) is 19.8 Å². The van der Waals surface area contributed by atoms with Gasteiger partial charge in [-0.1, -0.05) is 32.4 Å². The van der Waals surface area contributed by atoms with Crippen LogP contribution in [0.5, 0.6) is 0 Å². The number of Topliss-reactive ketones (excluding diaryl/α,β-unsaturated/α-hetero) is 1. The number of carbonyl (C=O) groups is 1. The van der Waals surface area contributed by atoms with Crippen molar-refractivity contribution in [1.82, 2.24) is 4.90 Å². The molecule has 21 heavy (non-hydrogen) atoms. The number of ketones is 1. The molecule has 1 atom stereocenters. The first kappa shape index (κ1) is 17.3. The van der Waals surface area contributed by atoms with E-state index in [0.29, 0.717) is 18.2 Å². The van der Waals surface area contributed by atoms with E-state index in [1.165, 1.54) is 12.1 Å². The SMILES string of the molecule is CCCCN(CC(=O)c1cccc([N+](=O)[O-])c1)C(C)CC. The van der Waals surface area contributed by atoms with E-state index in [4.69, 9.17) is 0 Å². The van der Waals surface area contributed by atoms with E-state index in [-0.39, 0.29) is 11.5 Å². The molecule has 0 aromatic heterocycles. The van der Waals surface area contributed by atoms with Crippen molar-refractivity contribution in [2.75, 3.05) is 13.1 Å². The molecule has 0 aliphatic carbocycles. The van der Waals surface area contributed by atoms with Crippen LogP contribution in [0.15, 0.2) is 24.3 Å². The molecule has 116 valence electrons. The molecule has 0 aliphatic heterocycles. The van der Waals surface area contributed by atoms with Crippen LogP contribution in [0.3, 0.4) is 0 Å². The summed E-state index contributed by atoms with van der Waals surface area (Å²) in [7, 11) is 0. The number of nitro groups is 1. The number of unbranched alkanes of at least 4 members (excludes halogenated alkanes) is 1. The van der Waals surface area contributed by atoms with Crippen LogP contribution < -0.4 is 0 Å². The normalized spacial score (nSPS) is 12.4. The van der Waals surface area contributed by atoms with Crippen molar-refractivity contribution in [3.63, 3.8) is 0 Å². The van der Waals surface area contributed by atoms with Gasteiger partial charge in [0.25, 0.3) is 5.69 Å². The summed E-state index contributed by atoms with van der Waals surface area (Å²) in [6.07, 6.45) is 3.11. The van der Waals surface area contributed by atoms with Crippen LogP contribution in [0, 0.1) is 10.1 Å². The number of hydrogen-bond donors (Lipinski definition) is 0. The molecule has 0 radical (unpaired) electrons. The lowest BCUT2D eigenvalue weighted by molar-refractivity contribution is -0.384. The Labute approximate surface area is 126 Å². The predicted molar refractivity (Wildman–Crippen MR) is 83.7 cm³/mol. The maximum Gasteiger partial charge on any atom is 0.270 e. The number of benzene rings is 1. The Hall–Kier alpha value is -1.75. The zero-order valence-electron chi connectivity index (χ0n) is 13.0. The predicted octanol–water partition coefficient (Wildman–Crippen LogP) is 3.68. The van der Waals surface area contributed by atoms with Crippen LogP contribution in [-0.2, 0) is 0 Å². The first-order valence-corrected chi connectivity index (χ1v) is 7.51. The van der Waals surface area contributed by atoms with E-state index in [1.54, 1.807) is 12.1 Å². The molecule has 0 fully saturated rings. The molecule has 1 rings (SSSR count). The van der Waals surface area contributed by atoms with Crippen molar-refractivity contribution >= 4 is 11.5 Å². The third kappa shape index (κ3) is 5.27. The number of hydrogen-bond acceptors (Lipinski definition) is 4. The van der Waals surface area contributed by atoms with E-state index < -0.39 is 4.92 Å². The average molecular weight is 292 g/mol. The van der Waals surface area contributed by atoms with Gasteiger partial charge in [0, 0.05) is 23.7 Å². The van der Waals surface area contributed by atoms with Gasteiger partial charge in [0.1, 0.15) is 0 Å². The smallest absolute Gasteiger partial charge is 0.270 e. The number of carbonyl (C=O) groups excluding carboxylic acids is 1. The van der Waals surface area contributed by atoms with Gasteiger partial charge in [-0.25, -0.2) is 0 Å². The molecule has 5 heteroatoms. The molecule has 1 aromatic carbocycles. The van der Waals surface area contributed by atoms with Crippen LogP contribution in [0.4, 0.5) is 5.69 Å². The maximum atomic E-state index is 12.3. The fourth-order valence-electron chi connectivity index (χ4n) is 2.14. The average Bonchev–Trinajstić information content (AvgIpc) is 2.50. The number of non-ortho nitro benzene ring substituents is 1. The van der Waals surface area contributed by atoms with Gasteiger partial charge in [-0.2, -0.15) is 0 Å². The zero-order valence-corrected chi connectivity index (χ0v) is 13.0. The van der Waals surface area contributed by atoms with Gasteiger partial charge in [0.15, 0.2) is 5.78 Å². The quantitative estimate of drug-likeness (QED) is 0.395. The molecule has 0 aliphatic rings. The van der Waals surface area contributed by atoms with Crippen molar-refractivity contribution in [1.29, 1.82) is 0 Å². The second-order valence-corrected chi connectivity index (χ2v) is 5.31. The Morgan fingerprint density at radius 2 is 2.10 bits per heavy atom. The summed E-state index contributed by atoms with van der Waals surface area (Å²) < 4.78 is 0. The first-order chi connectivity index (χ1) is 9.99. The zero-order chi connectivity index (χ0) is 15.8. The standard InChI is InChI=1S/C16H24N2O3/c1-4-6-10-17(13(3)5-2)12-16(19)14-8-7-9-15(11-14)18(20)21/h7-9,11,13H,4-6,10,12H2,1-3H3. The van der Waals surface area contributed by atoms with Gasteiger partial charge >= 0.3 is 0 Å². The lowest BCUT2D eigenvalue weighted by atomic mass is 10.1. The summed E-state index contributed by atoms with van der Waals surface area (Å²) in [5.74, 6) is -0.0601. The van der Waals surface area contributed by atoms with Gasteiger partial charge in [-0.15, -0.1) is 0 Å².